The Labute approximate surface area is 96.3 Å². The van der Waals surface area contributed by atoms with E-state index in [2.05, 4.69) is 15.1 Å². The molecule has 84 valence electrons. The number of nitrogens with two attached hydrogens (primary N) is 1. The normalized spacial score (nSPS) is 20.1. The Morgan fingerprint density at radius 2 is 2.27 bits per heavy atom. The molecule has 4 nitrogen and oxygen atoms in total. The molecule has 0 aromatic carbocycles. The van der Waals surface area contributed by atoms with Crippen molar-refractivity contribution in [2.24, 2.45) is 5.73 Å². The Hall–Kier alpha value is -0.870. The van der Waals surface area contributed by atoms with Crippen molar-refractivity contribution in [1.29, 1.82) is 0 Å². The van der Waals surface area contributed by atoms with Gasteiger partial charge >= 0.3 is 0 Å². The number of halogens is 1. The summed E-state index contributed by atoms with van der Waals surface area (Å²) in [7, 11) is 0. The van der Waals surface area contributed by atoms with Crippen LogP contribution in [0.4, 0.5) is 5.82 Å². The predicted molar refractivity (Wildman–Crippen MR) is 63.4 cm³/mol. The highest BCUT2D eigenvalue weighted by Gasteiger charge is 2.24. The lowest BCUT2D eigenvalue weighted by molar-refractivity contribution is 0.667. The van der Waals surface area contributed by atoms with Gasteiger partial charge in [-0.2, -0.15) is 5.10 Å². The third-order valence-corrected chi connectivity index (χ3v) is 2.73. The second-order valence-corrected chi connectivity index (χ2v) is 3.76. The summed E-state index contributed by atoms with van der Waals surface area (Å²) < 4.78 is 0. The molecule has 1 aromatic rings. The van der Waals surface area contributed by atoms with Gasteiger partial charge in [-0.05, 0) is 31.9 Å². The molecule has 2 N–H and O–H groups in total. The van der Waals surface area contributed by atoms with Crippen LogP contribution >= 0.6 is 12.4 Å². The van der Waals surface area contributed by atoms with Gasteiger partial charge in [0, 0.05) is 19.1 Å². The van der Waals surface area contributed by atoms with E-state index in [0.29, 0.717) is 12.6 Å². The summed E-state index contributed by atoms with van der Waals surface area (Å²) in [6, 6.07) is 4.47. The highest BCUT2D eigenvalue weighted by Crippen LogP contribution is 2.22. The van der Waals surface area contributed by atoms with Crippen LogP contribution < -0.4 is 10.6 Å². The summed E-state index contributed by atoms with van der Waals surface area (Å²) in [5.74, 6) is 0.962. The SMILES string of the molecule is Cc1ccc(N2CCCC2CN)nn1.Cl. The van der Waals surface area contributed by atoms with Crippen LogP contribution in [0, 0.1) is 6.92 Å². The van der Waals surface area contributed by atoms with Gasteiger partial charge in [0.15, 0.2) is 5.82 Å². The van der Waals surface area contributed by atoms with Gasteiger partial charge in [0.2, 0.25) is 0 Å². The summed E-state index contributed by atoms with van der Waals surface area (Å²) >= 11 is 0. The zero-order valence-corrected chi connectivity index (χ0v) is 9.70. The zero-order valence-electron chi connectivity index (χ0n) is 8.89. The van der Waals surface area contributed by atoms with Crippen LogP contribution in [-0.2, 0) is 0 Å². The number of rotatable bonds is 2. The molecule has 0 radical (unpaired) electrons. The molecule has 5 heteroatoms. The minimum Gasteiger partial charge on any atom is -0.351 e. The van der Waals surface area contributed by atoms with Crippen LogP contribution in [0.2, 0.25) is 0 Å². The average molecular weight is 229 g/mol. The summed E-state index contributed by atoms with van der Waals surface area (Å²) in [5, 5.41) is 8.24. The monoisotopic (exact) mass is 228 g/mol. The first-order valence-electron chi connectivity index (χ1n) is 5.08. The second-order valence-electron chi connectivity index (χ2n) is 3.76. The summed E-state index contributed by atoms with van der Waals surface area (Å²) in [5.41, 5.74) is 6.66. The largest absolute Gasteiger partial charge is 0.351 e. The minimum absolute atomic E-state index is 0. The molecule has 1 fully saturated rings. The van der Waals surface area contributed by atoms with Crippen LogP contribution in [0.3, 0.4) is 0 Å². The van der Waals surface area contributed by atoms with Crippen molar-refractivity contribution in [2.45, 2.75) is 25.8 Å². The molecular weight excluding hydrogens is 212 g/mol. The Bertz CT molecular complexity index is 301. The van der Waals surface area contributed by atoms with Gasteiger partial charge in [0.1, 0.15) is 0 Å². The van der Waals surface area contributed by atoms with Gasteiger partial charge < -0.3 is 10.6 Å². The Morgan fingerprint density at radius 3 is 2.87 bits per heavy atom. The van der Waals surface area contributed by atoms with E-state index in [-0.39, 0.29) is 12.4 Å². The van der Waals surface area contributed by atoms with Gasteiger partial charge in [0.25, 0.3) is 0 Å². The van der Waals surface area contributed by atoms with Gasteiger partial charge in [-0.15, -0.1) is 17.5 Å². The van der Waals surface area contributed by atoms with Crippen LogP contribution in [0.1, 0.15) is 18.5 Å². The molecule has 2 rings (SSSR count). The molecule has 0 aliphatic carbocycles. The molecule has 1 saturated heterocycles. The van der Waals surface area contributed by atoms with E-state index in [1.165, 1.54) is 12.8 Å². The van der Waals surface area contributed by atoms with E-state index in [4.69, 9.17) is 5.73 Å². The predicted octanol–water partition coefficient (Wildman–Crippen LogP) is 1.13. The molecule has 1 unspecified atom stereocenters. The first kappa shape index (κ1) is 12.2. The lowest BCUT2D eigenvalue weighted by atomic mass is 10.2. The van der Waals surface area contributed by atoms with Crippen molar-refractivity contribution in [3.63, 3.8) is 0 Å². The van der Waals surface area contributed by atoms with E-state index in [0.717, 1.165) is 18.1 Å². The summed E-state index contributed by atoms with van der Waals surface area (Å²) in [6.45, 7) is 3.70. The molecule has 2 heterocycles. The maximum Gasteiger partial charge on any atom is 0.151 e. The molecule has 1 atom stereocenters. The van der Waals surface area contributed by atoms with Crippen LogP contribution in [0.25, 0.3) is 0 Å². The second kappa shape index (κ2) is 5.28. The minimum atomic E-state index is 0. The number of hydrogen-bond acceptors (Lipinski definition) is 4. The smallest absolute Gasteiger partial charge is 0.151 e. The van der Waals surface area contributed by atoms with E-state index >= 15 is 0 Å². The van der Waals surface area contributed by atoms with Gasteiger partial charge in [-0.25, -0.2) is 0 Å². The van der Waals surface area contributed by atoms with E-state index in [9.17, 15) is 0 Å². The van der Waals surface area contributed by atoms with E-state index in [1.54, 1.807) is 0 Å². The number of aryl methyl sites for hydroxylation is 1. The van der Waals surface area contributed by atoms with Gasteiger partial charge in [-0.1, -0.05) is 0 Å². The fraction of sp³-hybridized carbons (Fsp3) is 0.600. The lowest BCUT2D eigenvalue weighted by Gasteiger charge is -2.23. The molecule has 0 bridgehead atoms. The fourth-order valence-corrected chi connectivity index (χ4v) is 1.93. The third kappa shape index (κ3) is 2.58. The van der Waals surface area contributed by atoms with Crippen molar-refractivity contribution < 1.29 is 0 Å². The molecular formula is C10H17ClN4. The number of nitrogens with zero attached hydrogens (tertiary/aromatic N) is 3. The maximum atomic E-state index is 5.70. The molecule has 1 aliphatic heterocycles. The number of aromatic nitrogens is 2. The molecule has 0 amide bonds. The molecule has 0 saturated carbocycles. The van der Waals surface area contributed by atoms with Crippen molar-refractivity contribution in [2.75, 3.05) is 18.0 Å². The fourth-order valence-electron chi connectivity index (χ4n) is 1.93. The summed E-state index contributed by atoms with van der Waals surface area (Å²) in [6.07, 6.45) is 2.38. The first-order valence-corrected chi connectivity index (χ1v) is 5.08. The standard InChI is InChI=1S/C10H16N4.ClH/c1-8-4-5-10(13-12-8)14-6-2-3-9(14)7-11;/h4-5,9H,2-3,6-7,11H2,1H3;1H. The van der Waals surface area contributed by atoms with Crippen LogP contribution in [0.15, 0.2) is 12.1 Å². The van der Waals surface area contributed by atoms with Crippen molar-refractivity contribution in [3.8, 4) is 0 Å². The Morgan fingerprint density at radius 1 is 1.47 bits per heavy atom. The molecule has 0 spiro atoms. The van der Waals surface area contributed by atoms with Crippen LogP contribution in [0.5, 0.6) is 0 Å². The van der Waals surface area contributed by atoms with Crippen molar-refractivity contribution in [1.82, 2.24) is 10.2 Å². The number of anilines is 1. The summed E-state index contributed by atoms with van der Waals surface area (Å²) in [4.78, 5) is 2.26. The molecule has 1 aromatic heterocycles. The quantitative estimate of drug-likeness (QED) is 0.825. The van der Waals surface area contributed by atoms with Gasteiger partial charge in [-0.3, -0.25) is 0 Å². The Balaban J connectivity index is 0.00000112. The topological polar surface area (TPSA) is 55.0 Å². The first-order chi connectivity index (χ1) is 6.81. The van der Waals surface area contributed by atoms with E-state index < -0.39 is 0 Å². The molecule has 15 heavy (non-hydrogen) atoms. The van der Waals surface area contributed by atoms with E-state index in [1.807, 2.05) is 19.1 Å². The van der Waals surface area contributed by atoms with Crippen LogP contribution in [-0.4, -0.2) is 29.3 Å². The van der Waals surface area contributed by atoms with Crippen molar-refractivity contribution >= 4 is 18.2 Å². The molecule has 1 aliphatic rings. The average Bonchev–Trinajstić information content (AvgIpc) is 2.67. The third-order valence-electron chi connectivity index (χ3n) is 2.73. The maximum absolute atomic E-state index is 5.70. The highest BCUT2D eigenvalue weighted by molar-refractivity contribution is 5.85. The van der Waals surface area contributed by atoms with Gasteiger partial charge in [0.05, 0.1) is 5.69 Å². The number of hydrogen-bond donors (Lipinski definition) is 1. The Kier molecular flexibility index (Phi) is 4.29. The lowest BCUT2D eigenvalue weighted by Crippen LogP contribution is -2.36. The van der Waals surface area contributed by atoms with Crippen molar-refractivity contribution in [3.05, 3.63) is 17.8 Å². The highest BCUT2D eigenvalue weighted by atomic mass is 35.5. The zero-order chi connectivity index (χ0) is 9.97.